The standard InChI is InChI=1S/C33H37N5O3S/c1-21-25(8-6-9-26(21)36-31(39)29-18-22-7-4-5-10-28(22)42-29)23-17-27(32(40)37(3)20-23)35-30-12-11-24(19-34-30)38-15-13-33(2,41)14-16-38/h6,8-9,11-12,17-20,41H,4-5,7,10,13-16H2,1-3H3,(H,34,35)(H,36,39). The predicted molar refractivity (Wildman–Crippen MR) is 170 cm³/mol. The molecule has 0 atom stereocenters. The third kappa shape index (κ3) is 5.84. The number of benzene rings is 1. The number of fused-ring (bicyclic) bond motifs is 1. The molecule has 2 aliphatic rings. The lowest BCUT2D eigenvalue weighted by Gasteiger charge is -2.37. The van der Waals surface area contributed by atoms with Gasteiger partial charge in [0.25, 0.3) is 11.5 Å². The molecule has 4 aromatic rings. The number of nitrogens with zero attached hydrogens (tertiary/aromatic N) is 3. The number of hydrogen-bond acceptors (Lipinski definition) is 7. The fourth-order valence-electron chi connectivity index (χ4n) is 5.85. The van der Waals surface area contributed by atoms with Crippen LogP contribution in [0, 0.1) is 6.92 Å². The lowest BCUT2D eigenvalue weighted by molar-refractivity contribution is 0.0351. The molecule has 0 bridgehead atoms. The van der Waals surface area contributed by atoms with Crippen LogP contribution in [-0.4, -0.2) is 39.3 Å². The molecule has 1 aliphatic carbocycles. The molecule has 1 amide bonds. The van der Waals surface area contributed by atoms with Crippen molar-refractivity contribution in [2.75, 3.05) is 28.6 Å². The van der Waals surface area contributed by atoms with Crippen LogP contribution in [0.4, 0.5) is 22.9 Å². The van der Waals surface area contributed by atoms with Gasteiger partial charge in [-0.1, -0.05) is 12.1 Å². The molecule has 1 saturated heterocycles. The second-order valence-electron chi connectivity index (χ2n) is 11.8. The third-order valence-electron chi connectivity index (χ3n) is 8.51. The molecule has 42 heavy (non-hydrogen) atoms. The van der Waals surface area contributed by atoms with E-state index in [0.717, 1.165) is 71.7 Å². The molecule has 0 spiro atoms. The van der Waals surface area contributed by atoms with Crippen molar-refractivity contribution in [3.05, 3.63) is 86.1 Å². The number of carbonyl (C=O) groups excluding carboxylic acids is 1. The van der Waals surface area contributed by atoms with Crippen molar-refractivity contribution >= 4 is 40.1 Å². The van der Waals surface area contributed by atoms with Gasteiger partial charge in [0.1, 0.15) is 11.5 Å². The van der Waals surface area contributed by atoms with Crippen molar-refractivity contribution in [2.24, 2.45) is 7.05 Å². The van der Waals surface area contributed by atoms with E-state index in [1.54, 1.807) is 29.1 Å². The highest BCUT2D eigenvalue weighted by Crippen LogP contribution is 2.33. The molecule has 0 radical (unpaired) electrons. The Bertz CT molecular complexity index is 1660. The minimum atomic E-state index is -0.608. The zero-order chi connectivity index (χ0) is 29.4. The van der Waals surface area contributed by atoms with E-state index < -0.39 is 5.60 Å². The highest BCUT2D eigenvalue weighted by Gasteiger charge is 2.27. The maximum atomic E-state index is 13.2. The third-order valence-corrected chi connectivity index (χ3v) is 9.75. The van der Waals surface area contributed by atoms with Gasteiger partial charge in [-0.2, -0.15) is 0 Å². The summed E-state index contributed by atoms with van der Waals surface area (Å²) in [6, 6.07) is 13.6. The van der Waals surface area contributed by atoms with Crippen LogP contribution in [0.2, 0.25) is 0 Å². The average Bonchev–Trinajstić information content (AvgIpc) is 3.42. The van der Waals surface area contributed by atoms with Gasteiger partial charge in [0, 0.05) is 42.5 Å². The summed E-state index contributed by atoms with van der Waals surface area (Å²) in [6.07, 6.45) is 9.55. The summed E-state index contributed by atoms with van der Waals surface area (Å²) in [5.41, 5.74) is 5.44. The van der Waals surface area contributed by atoms with E-state index in [1.165, 1.54) is 23.3 Å². The number of hydrogen-bond donors (Lipinski definition) is 3. The van der Waals surface area contributed by atoms with Gasteiger partial charge in [0.05, 0.1) is 22.4 Å². The first-order valence-corrected chi connectivity index (χ1v) is 15.4. The molecule has 1 fully saturated rings. The summed E-state index contributed by atoms with van der Waals surface area (Å²) in [7, 11) is 1.73. The molecular weight excluding hydrogens is 546 g/mol. The predicted octanol–water partition coefficient (Wildman–Crippen LogP) is 6.04. The zero-order valence-electron chi connectivity index (χ0n) is 24.4. The van der Waals surface area contributed by atoms with Gasteiger partial charge in [-0.15, -0.1) is 11.3 Å². The highest BCUT2D eigenvalue weighted by atomic mass is 32.1. The van der Waals surface area contributed by atoms with Gasteiger partial charge in [-0.3, -0.25) is 9.59 Å². The Morgan fingerprint density at radius 1 is 1.07 bits per heavy atom. The van der Waals surface area contributed by atoms with Crippen LogP contribution < -0.4 is 21.1 Å². The summed E-state index contributed by atoms with van der Waals surface area (Å²) in [5.74, 6) is 0.496. The SMILES string of the molecule is Cc1c(NC(=O)c2cc3c(s2)CCCC3)cccc1-c1cc(Nc2ccc(N3CCC(C)(O)CC3)cn2)c(=O)n(C)c1. The smallest absolute Gasteiger partial charge is 0.274 e. The van der Waals surface area contributed by atoms with Crippen LogP contribution in [0.1, 0.15) is 58.3 Å². The van der Waals surface area contributed by atoms with Crippen molar-refractivity contribution < 1.29 is 9.90 Å². The van der Waals surface area contributed by atoms with Crippen molar-refractivity contribution in [1.82, 2.24) is 9.55 Å². The fourth-order valence-corrected chi connectivity index (χ4v) is 7.00. The Morgan fingerprint density at radius 3 is 2.60 bits per heavy atom. The number of anilines is 4. The van der Waals surface area contributed by atoms with E-state index in [0.29, 0.717) is 11.5 Å². The molecule has 0 saturated carbocycles. The minimum Gasteiger partial charge on any atom is -0.390 e. The maximum Gasteiger partial charge on any atom is 0.274 e. The number of carbonyl (C=O) groups is 1. The zero-order valence-corrected chi connectivity index (χ0v) is 25.2. The van der Waals surface area contributed by atoms with Gasteiger partial charge in [-0.25, -0.2) is 4.98 Å². The van der Waals surface area contributed by atoms with E-state index in [-0.39, 0.29) is 11.5 Å². The minimum absolute atomic E-state index is 0.0816. The van der Waals surface area contributed by atoms with E-state index in [2.05, 4.69) is 26.6 Å². The van der Waals surface area contributed by atoms with Crippen LogP contribution in [-0.2, 0) is 19.9 Å². The molecule has 3 aromatic heterocycles. The highest BCUT2D eigenvalue weighted by molar-refractivity contribution is 7.14. The number of piperidine rings is 1. The van der Waals surface area contributed by atoms with E-state index in [9.17, 15) is 14.7 Å². The van der Waals surface area contributed by atoms with Gasteiger partial charge in [-0.05, 0) is 99.4 Å². The van der Waals surface area contributed by atoms with Crippen LogP contribution >= 0.6 is 11.3 Å². The first kappa shape index (κ1) is 28.2. The van der Waals surface area contributed by atoms with Crippen molar-refractivity contribution in [3.63, 3.8) is 0 Å². The van der Waals surface area contributed by atoms with Crippen LogP contribution in [0.5, 0.6) is 0 Å². The number of aromatic nitrogens is 2. The molecule has 1 aliphatic heterocycles. The van der Waals surface area contributed by atoms with Crippen LogP contribution in [0.25, 0.3) is 11.1 Å². The Morgan fingerprint density at radius 2 is 1.86 bits per heavy atom. The normalized spacial score (nSPS) is 16.1. The molecule has 4 heterocycles. The largest absolute Gasteiger partial charge is 0.390 e. The number of amides is 1. The number of rotatable bonds is 6. The molecule has 0 unspecified atom stereocenters. The van der Waals surface area contributed by atoms with Crippen LogP contribution in [0.3, 0.4) is 0 Å². The average molecular weight is 584 g/mol. The Balaban J connectivity index is 1.21. The molecule has 6 rings (SSSR count). The topological polar surface area (TPSA) is 99.5 Å². The second kappa shape index (κ2) is 11.4. The van der Waals surface area contributed by atoms with Gasteiger partial charge in [0.2, 0.25) is 0 Å². The fraction of sp³-hybridized carbons (Fsp3) is 0.364. The molecule has 218 valence electrons. The van der Waals surface area contributed by atoms with Crippen molar-refractivity contribution in [3.8, 4) is 11.1 Å². The first-order chi connectivity index (χ1) is 20.2. The van der Waals surface area contributed by atoms with E-state index >= 15 is 0 Å². The Labute approximate surface area is 250 Å². The number of nitrogens with one attached hydrogen (secondary N) is 2. The summed E-state index contributed by atoms with van der Waals surface area (Å²) < 4.78 is 1.56. The summed E-state index contributed by atoms with van der Waals surface area (Å²) >= 11 is 1.61. The lowest BCUT2D eigenvalue weighted by atomic mass is 9.94. The Hall–Kier alpha value is -3.95. The van der Waals surface area contributed by atoms with Gasteiger partial charge >= 0.3 is 0 Å². The quantitative estimate of drug-likeness (QED) is 0.256. The van der Waals surface area contributed by atoms with Gasteiger partial charge in [0.15, 0.2) is 0 Å². The summed E-state index contributed by atoms with van der Waals surface area (Å²) in [4.78, 5) is 35.1. The maximum absolute atomic E-state index is 13.2. The summed E-state index contributed by atoms with van der Waals surface area (Å²) in [5, 5.41) is 16.6. The molecule has 9 heteroatoms. The molecule has 8 nitrogen and oxygen atoms in total. The Kier molecular flexibility index (Phi) is 7.64. The number of aryl methyl sites for hydroxylation is 3. The lowest BCUT2D eigenvalue weighted by Crippen LogP contribution is -2.42. The molecule has 3 N–H and O–H groups in total. The van der Waals surface area contributed by atoms with E-state index in [1.807, 2.05) is 56.4 Å². The number of aliphatic hydroxyl groups is 1. The molecule has 1 aromatic carbocycles. The van der Waals surface area contributed by atoms with Crippen molar-refractivity contribution in [2.45, 2.75) is 58.0 Å². The monoisotopic (exact) mass is 583 g/mol. The first-order valence-electron chi connectivity index (χ1n) is 14.6. The van der Waals surface area contributed by atoms with Crippen LogP contribution in [0.15, 0.2) is 59.7 Å². The second-order valence-corrected chi connectivity index (χ2v) is 12.9. The molecular formula is C33H37N5O3S. The van der Waals surface area contributed by atoms with Crippen molar-refractivity contribution in [1.29, 1.82) is 0 Å². The number of pyridine rings is 2. The van der Waals surface area contributed by atoms with Gasteiger partial charge < -0.3 is 25.2 Å². The summed E-state index contributed by atoms with van der Waals surface area (Å²) in [6.45, 7) is 5.42. The number of thiophene rings is 1. The van der Waals surface area contributed by atoms with E-state index in [4.69, 9.17) is 0 Å².